The van der Waals surface area contributed by atoms with Crippen LogP contribution in [0.25, 0.3) is 0 Å². The van der Waals surface area contributed by atoms with Crippen LogP contribution in [-0.2, 0) is 32.3 Å². The molecule has 0 amide bonds. The number of ether oxygens (including phenoxy) is 2. The van der Waals surface area contributed by atoms with E-state index in [1.165, 1.54) is 31.2 Å². The van der Waals surface area contributed by atoms with Crippen LogP contribution in [0, 0.1) is 0 Å². The summed E-state index contributed by atoms with van der Waals surface area (Å²) in [5, 5.41) is 28.7. The first-order valence-corrected chi connectivity index (χ1v) is 8.33. The molecule has 0 fully saturated rings. The number of esters is 2. The van der Waals surface area contributed by atoms with Crippen molar-refractivity contribution in [2.45, 2.75) is 38.6 Å². The van der Waals surface area contributed by atoms with Crippen LogP contribution < -0.4 is 0 Å². The lowest BCUT2D eigenvalue weighted by molar-refractivity contribution is -0.155. The fraction of sp³-hybridized carbons (Fsp3) is 0.300. The summed E-state index contributed by atoms with van der Waals surface area (Å²) in [5.41, 5.74) is -0.221. The van der Waals surface area contributed by atoms with Gasteiger partial charge in [-0.1, -0.05) is 24.3 Å². The highest BCUT2D eigenvalue weighted by molar-refractivity contribution is 5.74. The van der Waals surface area contributed by atoms with E-state index in [0.717, 1.165) is 0 Å². The maximum atomic E-state index is 11.9. The second kappa shape index (κ2) is 9.05. The van der Waals surface area contributed by atoms with E-state index < -0.39 is 17.5 Å². The number of rotatable bonds is 8. The summed E-state index contributed by atoms with van der Waals surface area (Å²) in [4.78, 5) is 23.8. The van der Waals surface area contributed by atoms with Gasteiger partial charge in [0.05, 0.1) is 18.4 Å². The topological polar surface area (TPSA) is 113 Å². The number of aliphatic hydroxyl groups is 1. The number of phenolic OH excluding ortho intramolecular Hbond substituents is 2. The Morgan fingerprint density at radius 2 is 1.11 bits per heavy atom. The molecule has 0 saturated heterocycles. The lowest BCUT2D eigenvalue weighted by atomic mass is 9.98. The second-order valence-electron chi connectivity index (χ2n) is 6.50. The van der Waals surface area contributed by atoms with Crippen molar-refractivity contribution in [3.8, 4) is 11.5 Å². The average molecular weight is 374 g/mol. The molecule has 2 aromatic rings. The van der Waals surface area contributed by atoms with Crippen molar-refractivity contribution in [2.24, 2.45) is 0 Å². The molecule has 27 heavy (non-hydrogen) atoms. The fourth-order valence-electron chi connectivity index (χ4n) is 2.30. The van der Waals surface area contributed by atoms with Crippen LogP contribution >= 0.6 is 0 Å². The Morgan fingerprint density at radius 1 is 0.778 bits per heavy atom. The Bertz CT molecular complexity index is 698. The van der Waals surface area contributed by atoms with Crippen LogP contribution in [0.1, 0.15) is 30.9 Å². The highest BCUT2D eigenvalue weighted by atomic mass is 16.5. The zero-order valence-electron chi connectivity index (χ0n) is 14.9. The Morgan fingerprint density at radius 3 is 1.44 bits per heavy atom. The van der Waals surface area contributed by atoms with Gasteiger partial charge in [-0.2, -0.15) is 0 Å². The van der Waals surface area contributed by atoms with Crippen LogP contribution in [0.5, 0.6) is 11.5 Å². The smallest absolute Gasteiger partial charge is 0.309 e. The van der Waals surface area contributed by atoms with E-state index in [1.807, 2.05) is 0 Å². The SMILES string of the molecule is CC(O)(CC(=O)OCc1ccc(O)cc1)CC(=O)OCc1ccc(O)cc1. The first kappa shape index (κ1) is 20.3. The molecule has 2 rings (SSSR count). The predicted molar refractivity (Wildman–Crippen MR) is 95.7 cm³/mol. The number of hydrogen-bond acceptors (Lipinski definition) is 7. The fourth-order valence-corrected chi connectivity index (χ4v) is 2.30. The zero-order chi connectivity index (χ0) is 19.9. The van der Waals surface area contributed by atoms with Crippen LogP contribution in [0.3, 0.4) is 0 Å². The molecule has 144 valence electrons. The maximum absolute atomic E-state index is 11.9. The molecular weight excluding hydrogens is 352 g/mol. The van der Waals surface area contributed by atoms with E-state index in [0.29, 0.717) is 11.1 Å². The monoisotopic (exact) mass is 374 g/mol. The van der Waals surface area contributed by atoms with E-state index in [2.05, 4.69) is 0 Å². The van der Waals surface area contributed by atoms with Crippen molar-refractivity contribution >= 4 is 11.9 Å². The van der Waals surface area contributed by atoms with Gasteiger partial charge >= 0.3 is 11.9 Å². The summed E-state index contributed by atoms with van der Waals surface area (Å²) in [6.45, 7) is 1.36. The highest BCUT2D eigenvalue weighted by Crippen LogP contribution is 2.18. The quantitative estimate of drug-likeness (QED) is 0.608. The van der Waals surface area contributed by atoms with E-state index in [-0.39, 0.29) is 37.6 Å². The summed E-state index contributed by atoms with van der Waals surface area (Å²) in [6.07, 6.45) is -0.723. The van der Waals surface area contributed by atoms with Crippen molar-refractivity contribution in [2.75, 3.05) is 0 Å². The molecule has 2 aromatic carbocycles. The molecule has 0 aromatic heterocycles. The van der Waals surface area contributed by atoms with Gasteiger partial charge in [0.2, 0.25) is 0 Å². The molecule has 0 spiro atoms. The summed E-state index contributed by atoms with van der Waals surface area (Å²) in [6, 6.07) is 12.4. The van der Waals surface area contributed by atoms with Crippen molar-refractivity contribution in [3.63, 3.8) is 0 Å². The van der Waals surface area contributed by atoms with Crippen molar-refractivity contribution in [1.29, 1.82) is 0 Å². The molecule has 0 atom stereocenters. The first-order valence-electron chi connectivity index (χ1n) is 8.33. The lowest BCUT2D eigenvalue weighted by Crippen LogP contribution is -2.32. The van der Waals surface area contributed by atoms with Gasteiger partial charge in [0.15, 0.2) is 0 Å². The second-order valence-corrected chi connectivity index (χ2v) is 6.50. The molecule has 0 unspecified atom stereocenters. The Kier molecular flexibility index (Phi) is 6.79. The van der Waals surface area contributed by atoms with E-state index >= 15 is 0 Å². The van der Waals surface area contributed by atoms with Crippen molar-refractivity contribution < 1.29 is 34.4 Å². The minimum absolute atomic E-state index is 0.000488. The van der Waals surface area contributed by atoms with E-state index in [9.17, 15) is 24.9 Å². The minimum Gasteiger partial charge on any atom is -0.508 e. The molecule has 0 aliphatic carbocycles. The van der Waals surface area contributed by atoms with Crippen LogP contribution in [-0.4, -0.2) is 32.9 Å². The molecule has 0 radical (unpaired) electrons. The van der Waals surface area contributed by atoms with E-state index in [1.54, 1.807) is 24.3 Å². The molecular formula is C20H22O7. The molecule has 3 N–H and O–H groups in total. The van der Waals surface area contributed by atoms with Crippen LogP contribution in [0.4, 0.5) is 0 Å². The van der Waals surface area contributed by atoms with Crippen molar-refractivity contribution in [1.82, 2.24) is 0 Å². The highest BCUT2D eigenvalue weighted by Gasteiger charge is 2.29. The molecule has 0 aliphatic rings. The normalized spacial score (nSPS) is 11.0. The number of carbonyl (C=O) groups is 2. The summed E-state index contributed by atoms with van der Waals surface area (Å²) < 4.78 is 10.1. The third-order valence-electron chi connectivity index (χ3n) is 3.72. The summed E-state index contributed by atoms with van der Waals surface area (Å²) in [7, 11) is 0. The lowest BCUT2D eigenvalue weighted by Gasteiger charge is -2.21. The van der Waals surface area contributed by atoms with Gasteiger partial charge in [-0.25, -0.2) is 0 Å². The molecule has 7 heteroatoms. The average Bonchev–Trinajstić information content (AvgIpc) is 2.60. The molecule has 0 saturated carbocycles. The maximum Gasteiger partial charge on any atom is 0.309 e. The van der Waals surface area contributed by atoms with Crippen LogP contribution in [0.15, 0.2) is 48.5 Å². The molecule has 0 heterocycles. The molecule has 7 nitrogen and oxygen atoms in total. The van der Waals surface area contributed by atoms with Gasteiger partial charge in [-0.15, -0.1) is 0 Å². The third kappa shape index (κ3) is 7.37. The summed E-state index contributed by atoms with van der Waals surface area (Å²) in [5.74, 6) is -1.09. The van der Waals surface area contributed by atoms with Gasteiger partial charge in [0, 0.05) is 0 Å². The predicted octanol–water partition coefficient (Wildman–Crippen LogP) is 2.42. The number of carbonyl (C=O) groups excluding carboxylic acids is 2. The van der Waals surface area contributed by atoms with Gasteiger partial charge in [0.1, 0.15) is 24.7 Å². The van der Waals surface area contributed by atoms with Crippen molar-refractivity contribution in [3.05, 3.63) is 59.7 Å². The molecule has 0 bridgehead atoms. The van der Waals surface area contributed by atoms with Crippen LogP contribution in [0.2, 0.25) is 0 Å². The first-order chi connectivity index (χ1) is 12.7. The number of aromatic hydroxyl groups is 2. The largest absolute Gasteiger partial charge is 0.508 e. The number of hydrogen-bond donors (Lipinski definition) is 3. The van der Waals surface area contributed by atoms with Gasteiger partial charge in [-0.05, 0) is 42.3 Å². The Labute approximate surface area is 156 Å². The Balaban J connectivity index is 1.75. The zero-order valence-corrected chi connectivity index (χ0v) is 14.9. The van der Waals surface area contributed by atoms with Gasteiger partial charge in [-0.3, -0.25) is 9.59 Å². The third-order valence-corrected chi connectivity index (χ3v) is 3.72. The van der Waals surface area contributed by atoms with Gasteiger partial charge < -0.3 is 24.8 Å². The minimum atomic E-state index is -1.60. The standard InChI is InChI=1S/C20H22O7/c1-20(25,10-18(23)26-12-14-2-6-16(21)7-3-14)11-19(24)27-13-15-4-8-17(22)9-5-15/h2-9,21-22,25H,10-13H2,1H3. The number of benzene rings is 2. The van der Waals surface area contributed by atoms with Gasteiger partial charge in [0.25, 0.3) is 0 Å². The number of phenols is 2. The van der Waals surface area contributed by atoms with E-state index in [4.69, 9.17) is 9.47 Å². The Hall–Kier alpha value is -3.06. The molecule has 0 aliphatic heterocycles. The summed E-state index contributed by atoms with van der Waals surface area (Å²) >= 11 is 0.